The molecule has 0 saturated heterocycles. The van der Waals surface area contributed by atoms with E-state index in [1.807, 2.05) is 24.3 Å². The van der Waals surface area contributed by atoms with Crippen molar-refractivity contribution in [1.82, 2.24) is 19.9 Å². The molecule has 0 aliphatic rings. The molecule has 0 atom stereocenters. The molecular formula is C24H17ClFN5O. The molecule has 1 amide bonds. The van der Waals surface area contributed by atoms with Crippen LogP contribution in [0.5, 0.6) is 0 Å². The number of nitrogens with zero attached hydrogens (tertiary/aromatic N) is 3. The SMILES string of the molecule is Nc1c(C(=O)NCc2ccc(F)cc2)c2nc3ccccc3nc2n1-c1ccc(Cl)cc1. The fraction of sp³-hybridized carbons (Fsp3) is 0.0417. The van der Waals surface area contributed by atoms with E-state index in [-0.39, 0.29) is 23.7 Å². The van der Waals surface area contributed by atoms with Crippen molar-refractivity contribution in [2.75, 3.05) is 5.73 Å². The fourth-order valence-electron chi connectivity index (χ4n) is 3.61. The number of nitrogens with one attached hydrogen (secondary N) is 1. The van der Waals surface area contributed by atoms with Crippen LogP contribution in [0.4, 0.5) is 10.2 Å². The molecule has 32 heavy (non-hydrogen) atoms. The molecule has 3 aromatic carbocycles. The number of halogens is 2. The number of carbonyl (C=O) groups is 1. The number of aromatic nitrogens is 3. The van der Waals surface area contributed by atoms with Crippen LogP contribution in [-0.4, -0.2) is 20.4 Å². The molecule has 0 radical (unpaired) electrons. The molecule has 158 valence electrons. The molecule has 0 saturated carbocycles. The van der Waals surface area contributed by atoms with Gasteiger partial charge in [-0.2, -0.15) is 0 Å². The standard InChI is InChI=1S/C24H17ClFN5O/c25-15-7-11-17(12-8-15)31-22(27)20(24(32)28-13-14-5-9-16(26)10-6-14)21-23(31)30-19-4-2-1-3-18(19)29-21/h1-12H,13,27H2,(H,28,32). The van der Waals surface area contributed by atoms with Gasteiger partial charge in [0.15, 0.2) is 5.65 Å². The van der Waals surface area contributed by atoms with E-state index in [0.717, 1.165) is 5.56 Å². The summed E-state index contributed by atoms with van der Waals surface area (Å²) >= 11 is 6.04. The van der Waals surface area contributed by atoms with Gasteiger partial charge in [-0.25, -0.2) is 14.4 Å². The van der Waals surface area contributed by atoms with Crippen molar-refractivity contribution in [3.05, 3.63) is 94.8 Å². The Hall–Kier alpha value is -3.97. The van der Waals surface area contributed by atoms with Crippen LogP contribution in [0, 0.1) is 5.82 Å². The molecule has 0 bridgehead atoms. The maximum absolute atomic E-state index is 13.2. The first-order valence-electron chi connectivity index (χ1n) is 9.86. The zero-order valence-corrected chi connectivity index (χ0v) is 17.5. The number of anilines is 1. The lowest BCUT2D eigenvalue weighted by atomic mass is 10.2. The first kappa shape index (κ1) is 20.0. The Balaban J connectivity index is 1.64. The van der Waals surface area contributed by atoms with E-state index in [1.165, 1.54) is 12.1 Å². The largest absolute Gasteiger partial charge is 0.384 e. The summed E-state index contributed by atoms with van der Waals surface area (Å²) in [5.74, 6) is -0.513. The summed E-state index contributed by atoms with van der Waals surface area (Å²) < 4.78 is 14.9. The summed E-state index contributed by atoms with van der Waals surface area (Å²) in [7, 11) is 0. The van der Waals surface area contributed by atoms with E-state index in [9.17, 15) is 9.18 Å². The predicted octanol–water partition coefficient (Wildman–Crippen LogP) is 4.88. The Morgan fingerprint density at radius 2 is 1.62 bits per heavy atom. The molecule has 0 fully saturated rings. The maximum Gasteiger partial charge on any atom is 0.257 e. The first-order chi connectivity index (χ1) is 15.5. The van der Waals surface area contributed by atoms with Crippen molar-refractivity contribution in [3.63, 3.8) is 0 Å². The summed E-state index contributed by atoms with van der Waals surface area (Å²) in [6.45, 7) is 0.215. The number of rotatable bonds is 4. The van der Waals surface area contributed by atoms with Gasteiger partial charge in [0.1, 0.15) is 22.7 Å². The van der Waals surface area contributed by atoms with E-state index < -0.39 is 5.91 Å². The lowest BCUT2D eigenvalue weighted by Crippen LogP contribution is -2.24. The van der Waals surface area contributed by atoms with Crippen LogP contribution < -0.4 is 11.1 Å². The zero-order valence-electron chi connectivity index (χ0n) is 16.7. The van der Waals surface area contributed by atoms with Crippen molar-refractivity contribution in [2.24, 2.45) is 0 Å². The Labute approximate surface area is 187 Å². The van der Waals surface area contributed by atoms with Gasteiger partial charge in [-0.1, -0.05) is 35.9 Å². The van der Waals surface area contributed by atoms with Gasteiger partial charge in [0.25, 0.3) is 5.91 Å². The van der Waals surface area contributed by atoms with Crippen molar-refractivity contribution in [3.8, 4) is 5.69 Å². The molecule has 8 heteroatoms. The third kappa shape index (κ3) is 3.52. The number of nitrogen functional groups attached to an aromatic ring is 1. The third-order valence-corrected chi connectivity index (χ3v) is 5.43. The smallest absolute Gasteiger partial charge is 0.257 e. The normalized spacial score (nSPS) is 11.2. The molecule has 0 spiro atoms. The minimum absolute atomic E-state index is 0.215. The molecule has 5 rings (SSSR count). The minimum Gasteiger partial charge on any atom is -0.384 e. The van der Waals surface area contributed by atoms with Gasteiger partial charge >= 0.3 is 0 Å². The average molecular weight is 446 g/mol. The van der Waals surface area contributed by atoms with Gasteiger partial charge in [0, 0.05) is 17.3 Å². The van der Waals surface area contributed by atoms with E-state index in [0.29, 0.717) is 32.9 Å². The lowest BCUT2D eigenvalue weighted by Gasteiger charge is -2.08. The Bertz CT molecular complexity index is 1460. The van der Waals surface area contributed by atoms with Gasteiger partial charge in [-0.15, -0.1) is 0 Å². The molecule has 0 unspecified atom stereocenters. The van der Waals surface area contributed by atoms with Crippen LogP contribution in [-0.2, 0) is 6.54 Å². The quantitative estimate of drug-likeness (QED) is 0.413. The summed E-state index contributed by atoms with van der Waals surface area (Å²) in [5, 5.41) is 3.43. The summed E-state index contributed by atoms with van der Waals surface area (Å²) in [6, 6.07) is 20.4. The molecule has 6 nitrogen and oxygen atoms in total. The van der Waals surface area contributed by atoms with E-state index in [1.54, 1.807) is 41.0 Å². The van der Waals surface area contributed by atoms with E-state index in [4.69, 9.17) is 27.3 Å². The number of benzene rings is 3. The highest BCUT2D eigenvalue weighted by atomic mass is 35.5. The Morgan fingerprint density at radius 1 is 0.969 bits per heavy atom. The monoisotopic (exact) mass is 445 g/mol. The Morgan fingerprint density at radius 3 is 2.31 bits per heavy atom. The van der Waals surface area contributed by atoms with E-state index >= 15 is 0 Å². The summed E-state index contributed by atoms with van der Waals surface area (Å²) in [5.41, 5.74) is 10.4. The summed E-state index contributed by atoms with van der Waals surface area (Å²) in [4.78, 5) is 22.6. The van der Waals surface area contributed by atoms with Crippen molar-refractivity contribution in [1.29, 1.82) is 0 Å². The molecule has 2 heterocycles. The average Bonchev–Trinajstić information content (AvgIpc) is 3.08. The molecule has 5 aromatic rings. The topological polar surface area (TPSA) is 85.8 Å². The second kappa shape index (κ2) is 7.94. The highest BCUT2D eigenvalue weighted by molar-refractivity contribution is 6.30. The number of fused-ring (bicyclic) bond motifs is 2. The van der Waals surface area contributed by atoms with Crippen molar-refractivity contribution in [2.45, 2.75) is 6.54 Å². The molecule has 0 aliphatic heterocycles. The van der Waals surface area contributed by atoms with Crippen LogP contribution >= 0.6 is 11.6 Å². The fourth-order valence-corrected chi connectivity index (χ4v) is 3.74. The van der Waals surface area contributed by atoms with Gasteiger partial charge in [-0.05, 0) is 54.1 Å². The molecule has 2 aromatic heterocycles. The van der Waals surface area contributed by atoms with Gasteiger partial charge in [0.2, 0.25) is 0 Å². The number of nitrogens with two attached hydrogens (primary N) is 1. The number of carbonyl (C=O) groups excluding carboxylic acids is 1. The lowest BCUT2D eigenvalue weighted by molar-refractivity contribution is 0.0953. The van der Waals surface area contributed by atoms with Gasteiger partial charge in [-0.3, -0.25) is 9.36 Å². The summed E-state index contributed by atoms with van der Waals surface area (Å²) in [6.07, 6.45) is 0. The Kier molecular flexibility index (Phi) is 4.95. The number of para-hydroxylation sites is 2. The minimum atomic E-state index is -0.394. The third-order valence-electron chi connectivity index (χ3n) is 5.18. The molecule has 0 aliphatic carbocycles. The zero-order chi connectivity index (χ0) is 22.2. The molecular weight excluding hydrogens is 429 g/mol. The first-order valence-corrected chi connectivity index (χ1v) is 10.2. The van der Waals surface area contributed by atoms with Gasteiger partial charge < -0.3 is 11.1 Å². The van der Waals surface area contributed by atoms with Crippen LogP contribution in [0.25, 0.3) is 27.9 Å². The van der Waals surface area contributed by atoms with Crippen LogP contribution in [0.1, 0.15) is 15.9 Å². The predicted molar refractivity (Wildman–Crippen MR) is 123 cm³/mol. The highest BCUT2D eigenvalue weighted by Crippen LogP contribution is 2.31. The van der Waals surface area contributed by atoms with Gasteiger partial charge in [0.05, 0.1) is 11.0 Å². The van der Waals surface area contributed by atoms with E-state index in [2.05, 4.69) is 5.32 Å². The van der Waals surface area contributed by atoms with Crippen LogP contribution in [0.15, 0.2) is 72.8 Å². The number of hydrogen-bond donors (Lipinski definition) is 2. The second-order valence-corrected chi connectivity index (χ2v) is 7.70. The number of amides is 1. The van der Waals surface area contributed by atoms with Crippen LogP contribution in [0.3, 0.4) is 0 Å². The second-order valence-electron chi connectivity index (χ2n) is 7.27. The highest BCUT2D eigenvalue weighted by Gasteiger charge is 2.24. The maximum atomic E-state index is 13.2. The number of hydrogen-bond acceptors (Lipinski definition) is 4. The van der Waals surface area contributed by atoms with Crippen LogP contribution in [0.2, 0.25) is 5.02 Å². The van der Waals surface area contributed by atoms with Crippen molar-refractivity contribution >= 4 is 45.5 Å². The van der Waals surface area contributed by atoms with Crippen molar-refractivity contribution < 1.29 is 9.18 Å². The molecule has 3 N–H and O–H groups in total.